The third-order valence-corrected chi connectivity index (χ3v) is 4.25. The molecule has 1 aromatic heterocycles. The molecule has 8 nitrogen and oxygen atoms in total. The van der Waals surface area contributed by atoms with Gasteiger partial charge in [0, 0.05) is 24.5 Å². The molecular formula is C19H17F2N5O3. The predicted molar refractivity (Wildman–Crippen MR) is 101 cm³/mol. The molecule has 0 aliphatic carbocycles. The highest BCUT2D eigenvalue weighted by atomic mass is 19.1. The largest absolute Gasteiger partial charge is 0.399 e. The first-order valence-electron chi connectivity index (χ1n) is 8.88. The van der Waals surface area contributed by atoms with Crippen molar-refractivity contribution in [2.75, 3.05) is 41.8 Å². The van der Waals surface area contributed by atoms with Gasteiger partial charge in [0.1, 0.15) is 11.6 Å². The fourth-order valence-corrected chi connectivity index (χ4v) is 2.89. The van der Waals surface area contributed by atoms with E-state index in [2.05, 4.69) is 20.8 Å². The van der Waals surface area contributed by atoms with Crippen LogP contribution in [0.4, 0.5) is 31.9 Å². The average molecular weight is 401 g/mol. The number of nitrogens with one attached hydrogen (secondary N) is 2. The molecule has 2 N–H and O–H groups in total. The van der Waals surface area contributed by atoms with Crippen LogP contribution in [0.2, 0.25) is 0 Å². The Bertz CT molecular complexity index is 1020. The molecule has 3 aromatic rings. The Morgan fingerprint density at radius 3 is 2.62 bits per heavy atom. The zero-order valence-corrected chi connectivity index (χ0v) is 15.2. The molecule has 1 fully saturated rings. The van der Waals surface area contributed by atoms with E-state index in [0.29, 0.717) is 37.7 Å². The third kappa shape index (κ3) is 4.49. The molecule has 4 rings (SSSR count). The molecule has 0 unspecified atom stereocenters. The molecule has 150 valence electrons. The van der Waals surface area contributed by atoms with E-state index < -0.39 is 17.5 Å². The van der Waals surface area contributed by atoms with Gasteiger partial charge in [0.2, 0.25) is 0 Å². The monoisotopic (exact) mass is 401 g/mol. The van der Waals surface area contributed by atoms with Crippen LogP contribution in [0.25, 0.3) is 0 Å². The van der Waals surface area contributed by atoms with Crippen molar-refractivity contribution < 1.29 is 22.7 Å². The average Bonchev–Trinajstić information content (AvgIpc) is 3.17. The lowest BCUT2D eigenvalue weighted by molar-refractivity contribution is 0.0991. The molecule has 2 heterocycles. The second-order valence-electron chi connectivity index (χ2n) is 6.27. The molecule has 0 bridgehead atoms. The van der Waals surface area contributed by atoms with Crippen LogP contribution in [0.15, 0.2) is 46.9 Å². The van der Waals surface area contributed by atoms with E-state index in [1.54, 1.807) is 18.2 Å². The fraction of sp³-hybridized carbons (Fsp3) is 0.211. The predicted octanol–water partition coefficient (Wildman–Crippen LogP) is 3.18. The highest BCUT2D eigenvalue weighted by Gasteiger charge is 2.18. The molecular weight excluding hydrogens is 384 g/mol. The van der Waals surface area contributed by atoms with Crippen LogP contribution in [-0.4, -0.2) is 42.4 Å². The summed E-state index contributed by atoms with van der Waals surface area (Å²) in [5.41, 5.74) is 1.09. The number of hydrogen-bond acceptors (Lipinski definition) is 7. The summed E-state index contributed by atoms with van der Waals surface area (Å²) in [6.45, 7) is 2.29. The first-order chi connectivity index (χ1) is 14.1. The number of hydrogen-bond donors (Lipinski definition) is 2. The maximum absolute atomic E-state index is 14.4. The van der Waals surface area contributed by atoms with Crippen LogP contribution < -0.4 is 15.5 Å². The third-order valence-electron chi connectivity index (χ3n) is 4.25. The zero-order chi connectivity index (χ0) is 20.2. The second-order valence-corrected chi connectivity index (χ2v) is 6.27. The molecule has 2 aromatic carbocycles. The van der Waals surface area contributed by atoms with Gasteiger partial charge in [-0.3, -0.25) is 4.79 Å². The van der Waals surface area contributed by atoms with Crippen molar-refractivity contribution in [2.24, 2.45) is 0 Å². The SMILES string of the molecule is O=C(Nc1ccc(N2CCOCC2)c(F)c1)c1nnc(Nc2cccc(F)c2)o1. The number of anilines is 4. The van der Waals surface area contributed by atoms with Gasteiger partial charge < -0.3 is 24.7 Å². The zero-order valence-electron chi connectivity index (χ0n) is 15.2. The van der Waals surface area contributed by atoms with Gasteiger partial charge >= 0.3 is 17.8 Å². The summed E-state index contributed by atoms with van der Waals surface area (Å²) in [6.07, 6.45) is 0. The van der Waals surface area contributed by atoms with Crippen molar-refractivity contribution in [2.45, 2.75) is 0 Å². The number of benzene rings is 2. The quantitative estimate of drug-likeness (QED) is 0.678. The Morgan fingerprint density at radius 1 is 1.03 bits per heavy atom. The molecule has 0 saturated carbocycles. The first-order valence-corrected chi connectivity index (χ1v) is 8.88. The van der Waals surface area contributed by atoms with Crippen molar-refractivity contribution in [3.63, 3.8) is 0 Å². The summed E-state index contributed by atoms with van der Waals surface area (Å²) in [7, 11) is 0. The lowest BCUT2D eigenvalue weighted by Gasteiger charge is -2.29. The number of halogens is 2. The van der Waals surface area contributed by atoms with Crippen LogP contribution in [0.3, 0.4) is 0 Å². The van der Waals surface area contributed by atoms with Gasteiger partial charge in [-0.05, 0) is 36.4 Å². The standard InChI is InChI=1S/C19H17F2N5O3/c20-12-2-1-3-13(10-12)23-19-25-24-18(29-19)17(27)22-14-4-5-16(15(21)11-14)26-6-8-28-9-7-26/h1-5,10-11H,6-9H2,(H,22,27)(H,23,25). The van der Waals surface area contributed by atoms with E-state index in [1.165, 1.54) is 24.3 Å². The van der Waals surface area contributed by atoms with Crippen LogP contribution >= 0.6 is 0 Å². The van der Waals surface area contributed by atoms with E-state index in [4.69, 9.17) is 9.15 Å². The fourth-order valence-electron chi connectivity index (χ4n) is 2.89. The van der Waals surface area contributed by atoms with Crippen molar-refractivity contribution in [1.82, 2.24) is 10.2 Å². The van der Waals surface area contributed by atoms with Gasteiger partial charge in [0.25, 0.3) is 0 Å². The maximum Gasteiger partial charge on any atom is 0.320 e. The Kier molecular flexibility index (Phi) is 5.34. The number of carbonyl (C=O) groups excluding carboxylic acids is 1. The maximum atomic E-state index is 14.4. The Balaban J connectivity index is 1.41. The Morgan fingerprint density at radius 2 is 1.86 bits per heavy atom. The number of ether oxygens (including phenoxy) is 1. The summed E-state index contributed by atoms with van der Waals surface area (Å²) in [5, 5.41) is 12.5. The minimum Gasteiger partial charge on any atom is -0.399 e. The van der Waals surface area contributed by atoms with Gasteiger partial charge in [0.15, 0.2) is 0 Å². The highest BCUT2D eigenvalue weighted by Crippen LogP contribution is 2.24. The molecule has 0 radical (unpaired) electrons. The first kappa shape index (κ1) is 18.8. The molecule has 1 aliphatic heterocycles. The molecule has 0 spiro atoms. The summed E-state index contributed by atoms with van der Waals surface area (Å²) in [6, 6.07) is 9.99. The van der Waals surface area contributed by atoms with Gasteiger partial charge in [-0.1, -0.05) is 11.2 Å². The molecule has 29 heavy (non-hydrogen) atoms. The molecule has 1 aliphatic rings. The van der Waals surface area contributed by atoms with E-state index in [0.717, 1.165) is 0 Å². The Labute approximate surface area is 164 Å². The lowest BCUT2D eigenvalue weighted by Crippen LogP contribution is -2.36. The van der Waals surface area contributed by atoms with E-state index >= 15 is 0 Å². The topological polar surface area (TPSA) is 92.5 Å². The number of morpholine rings is 1. The van der Waals surface area contributed by atoms with Crippen molar-refractivity contribution in [3.8, 4) is 0 Å². The van der Waals surface area contributed by atoms with Crippen molar-refractivity contribution in [1.29, 1.82) is 0 Å². The minimum atomic E-state index is -0.691. The molecule has 0 atom stereocenters. The van der Waals surface area contributed by atoms with E-state index in [1.807, 2.05) is 4.90 Å². The van der Waals surface area contributed by atoms with Crippen LogP contribution in [0.1, 0.15) is 10.7 Å². The summed E-state index contributed by atoms with van der Waals surface area (Å²) in [5.74, 6) is -1.90. The number of aromatic nitrogens is 2. The van der Waals surface area contributed by atoms with Crippen LogP contribution in [0.5, 0.6) is 0 Å². The van der Waals surface area contributed by atoms with Gasteiger partial charge in [-0.2, -0.15) is 0 Å². The lowest BCUT2D eigenvalue weighted by atomic mass is 10.2. The van der Waals surface area contributed by atoms with Crippen molar-refractivity contribution >= 4 is 29.0 Å². The summed E-state index contributed by atoms with van der Waals surface area (Å²) in [4.78, 5) is 14.2. The van der Waals surface area contributed by atoms with Crippen LogP contribution in [0, 0.1) is 11.6 Å². The summed E-state index contributed by atoms with van der Waals surface area (Å²) < 4.78 is 38.1. The molecule has 1 saturated heterocycles. The number of amides is 1. The minimum absolute atomic E-state index is 0.0744. The smallest absolute Gasteiger partial charge is 0.320 e. The normalized spacial score (nSPS) is 13.9. The second kappa shape index (κ2) is 8.23. The van der Waals surface area contributed by atoms with E-state index in [-0.39, 0.29) is 17.6 Å². The molecule has 10 heteroatoms. The van der Waals surface area contributed by atoms with E-state index in [9.17, 15) is 13.6 Å². The Hall–Kier alpha value is -3.53. The van der Waals surface area contributed by atoms with Gasteiger partial charge in [0.05, 0.1) is 18.9 Å². The van der Waals surface area contributed by atoms with Crippen molar-refractivity contribution in [3.05, 3.63) is 60.0 Å². The highest BCUT2D eigenvalue weighted by molar-refractivity contribution is 6.01. The number of carbonyl (C=O) groups is 1. The molecule has 1 amide bonds. The van der Waals surface area contributed by atoms with Crippen LogP contribution in [-0.2, 0) is 4.74 Å². The number of nitrogens with zero attached hydrogens (tertiary/aromatic N) is 3. The van der Waals surface area contributed by atoms with Gasteiger partial charge in [-0.25, -0.2) is 8.78 Å². The summed E-state index contributed by atoms with van der Waals surface area (Å²) >= 11 is 0. The number of rotatable bonds is 5. The van der Waals surface area contributed by atoms with Gasteiger partial charge in [-0.15, -0.1) is 5.10 Å².